The molecule has 7 nitrogen and oxygen atoms in total. The number of methoxy groups -OCH3 is 1. The molecule has 110 valence electrons. The van der Waals surface area contributed by atoms with E-state index in [4.69, 9.17) is 4.74 Å². The van der Waals surface area contributed by atoms with Crippen LogP contribution in [0.2, 0.25) is 0 Å². The van der Waals surface area contributed by atoms with Crippen LogP contribution in [0.1, 0.15) is 5.56 Å². The first kappa shape index (κ1) is 13.7. The normalized spacial score (nSPS) is 11.0. The van der Waals surface area contributed by atoms with Gasteiger partial charge >= 0.3 is 0 Å². The number of ether oxygens (including phenoxy) is 1. The van der Waals surface area contributed by atoms with Crippen molar-refractivity contribution in [2.45, 2.75) is 0 Å². The molecule has 0 fully saturated rings. The van der Waals surface area contributed by atoms with E-state index in [0.29, 0.717) is 22.8 Å². The SMILES string of the molecule is COc1cccc(C=Nc2cccc(-c3nn[nH]n3)c2)c1[O-]. The Labute approximate surface area is 126 Å². The van der Waals surface area contributed by atoms with Gasteiger partial charge < -0.3 is 9.84 Å². The van der Waals surface area contributed by atoms with Crippen LogP contribution in [0.25, 0.3) is 11.4 Å². The lowest BCUT2D eigenvalue weighted by atomic mass is 10.2. The minimum atomic E-state index is -0.192. The van der Waals surface area contributed by atoms with Gasteiger partial charge in [0.2, 0.25) is 5.82 Å². The van der Waals surface area contributed by atoms with E-state index >= 15 is 0 Å². The Hall–Kier alpha value is -3.22. The summed E-state index contributed by atoms with van der Waals surface area (Å²) in [5.74, 6) is 0.593. The Kier molecular flexibility index (Phi) is 3.78. The fourth-order valence-electron chi connectivity index (χ4n) is 1.95. The smallest absolute Gasteiger partial charge is 0.204 e. The lowest BCUT2D eigenvalue weighted by Crippen LogP contribution is -1.99. The molecule has 3 aromatic rings. The maximum absolute atomic E-state index is 12.0. The molecule has 0 radical (unpaired) electrons. The van der Waals surface area contributed by atoms with Gasteiger partial charge in [0, 0.05) is 11.8 Å². The zero-order valence-electron chi connectivity index (χ0n) is 11.7. The number of hydrogen-bond acceptors (Lipinski definition) is 6. The molecule has 0 saturated carbocycles. The minimum absolute atomic E-state index is 0.192. The Bertz CT molecular complexity index is 799. The molecule has 1 N–H and O–H groups in total. The van der Waals surface area contributed by atoms with E-state index in [1.807, 2.05) is 24.3 Å². The summed E-state index contributed by atoms with van der Waals surface area (Å²) >= 11 is 0. The average Bonchev–Trinajstić information content (AvgIpc) is 3.09. The molecule has 3 rings (SSSR count). The molecule has 0 bridgehead atoms. The van der Waals surface area contributed by atoms with Crippen LogP contribution in [0.4, 0.5) is 5.69 Å². The summed E-state index contributed by atoms with van der Waals surface area (Å²) in [6, 6.07) is 12.4. The second-order valence-electron chi connectivity index (χ2n) is 4.42. The number of rotatable bonds is 4. The highest BCUT2D eigenvalue weighted by atomic mass is 16.5. The summed E-state index contributed by atoms with van der Waals surface area (Å²) in [5, 5.41) is 25.8. The second kappa shape index (κ2) is 6.04. The second-order valence-corrected chi connectivity index (χ2v) is 4.42. The van der Waals surface area contributed by atoms with Gasteiger partial charge in [-0.1, -0.05) is 30.0 Å². The first-order valence-corrected chi connectivity index (χ1v) is 6.50. The number of nitrogens with zero attached hydrogens (tertiary/aromatic N) is 4. The quantitative estimate of drug-likeness (QED) is 0.738. The lowest BCUT2D eigenvalue weighted by Gasteiger charge is -2.14. The number of aromatic amines is 1. The molecule has 0 aliphatic rings. The van der Waals surface area contributed by atoms with Crippen molar-refractivity contribution in [3.8, 4) is 22.9 Å². The zero-order valence-corrected chi connectivity index (χ0v) is 11.7. The van der Waals surface area contributed by atoms with Gasteiger partial charge in [0.1, 0.15) is 5.75 Å². The molecule has 22 heavy (non-hydrogen) atoms. The number of H-pyrrole nitrogens is 1. The van der Waals surface area contributed by atoms with Crippen LogP contribution in [-0.2, 0) is 0 Å². The van der Waals surface area contributed by atoms with E-state index < -0.39 is 0 Å². The highest BCUT2D eigenvalue weighted by Gasteiger charge is 2.03. The number of nitrogens with one attached hydrogen (secondary N) is 1. The first-order valence-electron chi connectivity index (χ1n) is 6.50. The Morgan fingerprint density at radius 3 is 2.86 bits per heavy atom. The molecule has 1 heterocycles. The van der Waals surface area contributed by atoms with E-state index in [1.165, 1.54) is 13.3 Å². The summed E-state index contributed by atoms with van der Waals surface area (Å²) in [6.07, 6.45) is 1.51. The Morgan fingerprint density at radius 2 is 2.09 bits per heavy atom. The summed E-state index contributed by atoms with van der Waals surface area (Å²) in [4.78, 5) is 4.32. The van der Waals surface area contributed by atoms with Crippen LogP contribution in [-0.4, -0.2) is 33.9 Å². The molecule has 2 aromatic carbocycles. The van der Waals surface area contributed by atoms with Crippen molar-refractivity contribution >= 4 is 11.9 Å². The number of aromatic nitrogens is 4. The molecule has 0 atom stereocenters. The molecule has 0 saturated heterocycles. The molecule has 0 amide bonds. The number of aliphatic imine (C=N–C) groups is 1. The number of tetrazole rings is 1. The summed E-state index contributed by atoms with van der Waals surface area (Å²) in [7, 11) is 1.46. The monoisotopic (exact) mass is 294 g/mol. The predicted octanol–water partition coefficient (Wildman–Crippen LogP) is 1.70. The van der Waals surface area contributed by atoms with Crippen molar-refractivity contribution in [3.63, 3.8) is 0 Å². The predicted molar refractivity (Wildman–Crippen MR) is 79.3 cm³/mol. The van der Waals surface area contributed by atoms with Crippen LogP contribution in [0.3, 0.4) is 0 Å². The fourth-order valence-corrected chi connectivity index (χ4v) is 1.95. The van der Waals surface area contributed by atoms with Crippen LogP contribution in [0.15, 0.2) is 47.5 Å². The maximum atomic E-state index is 12.0. The Morgan fingerprint density at radius 1 is 1.23 bits per heavy atom. The Balaban J connectivity index is 1.89. The van der Waals surface area contributed by atoms with Gasteiger partial charge in [0.05, 0.1) is 12.8 Å². The first-order chi connectivity index (χ1) is 10.8. The van der Waals surface area contributed by atoms with Gasteiger partial charge in [-0.25, -0.2) is 0 Å². The van der Waals surface area contributed by atoms with Gasteiger partial charge in [0.15, 0.2) is 0 Å². The van der Waals surface area contributed by atoms with E-state index in [2.05, 4.69) is 25.6 Å². The lowest BCUT2D eigenvalue weighted by molar-refractivity contribution is -0.270. The van der Waals surface area contributed by atoms with E-state index in [1.54, 1.807) is 18.2 Å². The van der Waals surface area contributed by atoms with Crippen molar-refractivity contribution in [1.82, 2.24) is 20.6 Å². The van der Waals surface area contributed by atoms with Gasteiger partial charge in [-0.05, 0) is 29.0 Å². The zero-order chi connectivity index (χ0) is 15.4. The van der Waals surface area contributed by atoms with Crippen LogP contribution >= 0.6 is 0 Å². The maximum Gasteiger partial charge on any atom is 0.204 e. The largest absolute Gasteiger partial charge is 0.870 e. The van der Waals surface area contributed by atoms with Gasteiger partial charge in [0.25, 0.3) is 0 Å². The van der Waals surface area contributed by atoms with Crippen LogP contribution in [0.5, 0.6) is 11.5 Å². The highest BCUT2D eigenvalue weighted by Crippen LogP contribution is 2.26. The van der Waals surface area contributed by atoms with Crippen molar-refractivity contribution in [3.05, 3.63) is 48.0 Å². The molecule has 7 heteroatoms. The topological polar surface area (TPSA) is 99.1 Å². The number of para-hydroxylation sites is 1. The number of benzene rings is 2. The van der Waals surface area contributed by atoms with Gasteiger partial charge in [-0.2, -0.15) is 5.21 Å². The van der Waals surface area contributed by atoms with Crippen molar-refractivity contribution in [2.24, 2.45) is 4.99 Å². The number of hydrogen-bond donors (Lipinski definition) is 1. The van der Waals surface area contributed by atoms with Crippen LogP contribution < -0.4 is 9.84 Å². The average molecular weight is 294 g/mol. The van der Waals surface area contributed by atoms with Gasteiger partial charge in [-0.3, -0.25) is 4.99 Å². The fraction of sp³-hybridized carbons (Fsp3) is 0.0667. The molecule has 1 aromatic heterocycles. The van der Waals surface area contributed by atoms with Crippen molar-refractivity contribution in [2.75, 3.05) is 7.11 Å². The molecule has 0 aliphatic heterocycles. The highest BCUT2D eigenvalue weighted by molar-refractivity contribution is 5.86. The molecular weight excluding hydrogens is 282 g/mol. The van der Waals surface area contributed by atoms with Crippen molar-refractivity contribution in [1.29, 1.82) is 0 Å². The van der Waals surface area contributed by atoms with Gasteiger partial charge in [-0.15, -0.1) is 10.2 Å². The van der Waals surface area contributed by atoms with E-state index in [0.717, 1.165) is 5.56 Å². The van der Waals surface area contributed by atoms with E-state index in [9.17, 15) is 5.11 Å². The molecule has 0 unspecified atom stereocenters. The standard InChI is InChI=1S/C15H13N5O2/c1-22-13-7-3-5-11(14(13)21)9-16-12-6-2-4-10(8-12)15-17-19-20-18-15/h2-9,21H,1H3,(H,17,18,19,20)/p-1. The third-order valence-electron chi connectivity index (χ3n) is 3.03. The van der Waals surface area contributed by atoms with Crippen molar-refractivity contribution < 1.29 is 9.84 Å². The van der Waals surface area contributed by atoms with Crippen LogP contribution in [0, 0.1) is 0 Å². The summed E-state index contributed by atoms with van der Waals surface area (Å²) in [5.41, 5.74) is 1.94. The molecule has 0 spiro atoms. The summed E-state index contributed by atoms with van der Waals surface area (Å²) in [6.45, 7) is 0. The molecular formula is C15H12N5O2-. The molecule has 0 aliphatic carbocycles. The minimum Gasteiger partial charge on any atom is -0.870 e. The third-order valence-corrected chi connectivity index (χ3v) is 3.03. The summed E-state index contributed by atoms with van der Waals surface area (Å²) < 4.78 is 5.00. The van der Waals surface area contributed by atoms with E-state index in [-0.39, 0.29) is 5.75 Å². The third kappa shape index (κ3) is 2.78.